The summed E-state index contributed by atoms with van der Waals surface area (Å²) < 4.78 is 14.5. The first kappa shape index (κ1) is 19.4. The normalized spacial score (nSPS) is 17.4. The van der Waals surface area contributed by atoms with Crippen LogP contribution in [0.1, 0.15) is 65.2 Å². The van der Waals surface area contributed by atoms with Gasteiger partial charge >= 0.3 is 0 Å². The monoisotopic (exact) mass is 395 g/mol. The number of hydrogen-bond donors (Lipinski definition) is 1. The molecule has 2 aromatic carbocycles. The molecule has 0 aromatic heterocycles. The number of benzene rings is 2. The van der Waals surface area contributed by atoms with Crippen molar-refractivity contribution in [3.8, 4) is 0 Å². The van der Waals surface area contributed by atoms with Gasteiger partial charge in [-0.25, -0.2) is 9.40 Å². The molecule has 6 heteroatoms. The molecule has 1 saturated carbocycles. The van der Waals surface area contributed by atoms with Crippen LogP contribution in [-0.2, 0) is 11.3 Å². The number of carbonyl (C=O) groups excluding carboxylic acids is 1. The van der Waals surface area contributed by atoms with E-state index >= 15 is 0 Å². The highest BCUT2D eigenvalue weighted by molar-refractivity contribution is 6.02. The molecule has 1 fully saturated rings. The Labute approximate surface area is 170 Å². The first-order valence-electron chi connectivity index (χ1n) is 10.2. The van der Waals surface area contributed by atoms with E-state index in [2.05, 4.69) is 16.6 Å². The zero-order valence-electron chi connectivity index (χ0n) is 17.1. The van der Waals surface area contributed by atoms with Gasteiger partial charge in [-0.2, -0.15) is 0 Å². The van der Waals surface area contributed by atoms with Gasteiger partial charge in [0.05, 0.1) is 5.56 Å². The molecule has 4 rings (SSSR count). The molecule has 1 aliphatic heterocycles. The van der Waals surface area contributed by atoms with Crippen molar-refractivity contribution in [2.75, 3.05) is 0 Å². The Balaban J connectivity index is 1.67. The van der Waals surface area contributed by atoms with Crippen molar-refractivity contribution in [1.29, 1.82) is 0 Å². The van der Waals surface area contributed by atoms with Crippen LogP contribution in [0, 0.1) is 19.7 Å². The van der Waals surface area contributed by atoms with Crippen molar-refractivity contribution < 1.29 is 14.0 Å². The summed E-state index contributed by atoms with van der Waals surface area (Å²) in [5, 5.41) is 6.05. The molecule has 1 amide bonds. The number of oxime groups is 1. The lowest BCUT2D eigenvalue weighted by Gasteiger charge is -2.34. The zero-order valence-corrected chi connectivity index (χ0v) is 17.1. The van der Waals surface area contributed by atoms with Crippen molar-refractivity contribution in [3.05, 3.63) is 70.0 Å². The summed E-state index contributed by atoms with van der Waals surface area (Å²) in [7, 11) is 0. The second-order valence-electron chi connectivity index (χ2n) is 7.98. The van der Waals surface area contributed by atoms with Crippen LogP contribution in [0.5, 0.6) is 0 Å². The van der Waals surface area contributed by atoms with Gasteiger partial charge in [0, 0.05) is 18.4 Å². The summed E-state index contributed by atoms with van der Waals surface area (Å²) in [5.74, 6) is -0.469. The molecule has 29 heavy (non-hydrogen) atoms. The van der Waals surface area contributed by atoms with Gasteiger partial charge < -0.3 is 4.84 Å². The zero-order chi connectivity index (χ0) is 20.6. The molecule has 2 aliphatic rings. The first-order valence-corrected chi connectivity index (χ1v) is 10.2. The predicted molar refractivity (Wildman–Crippen MR) is 110 cm³/mol. The summed E-state index contributed by atoms with van der Waals surface area (Å²) in [6, 6.07) is 10.8. The van der Waals surface area contributed by atoms with Crippen LogP contribution in [0.15, 0.2) is 41.6 Å². The minimum Gasteiger partial charge on any atom is -0.363 e. The molecular formula is C23H26FN3O2. The lowest BCUT2D eigenvalue weighted by atomic mass is 10.0. The van der Waals surface area contributed by atoms with Gasteiger partial charge in [-0.1, -0.05) is 35.3 Å². The van der Waals surface area contributed by atoms with Crippen LogP contribution in [0.2, 0.25) is 0 Å². The molecule has 0 bridgehead atoms. The van der Waals surface area contributed by atoms with Crippen molar-refractivity contribution in [2.24, 2.45) is 5.16 Å². The summed E-state index contributed by atoms with van der Waals surface area (Å²) in [6.45, 7) is 5.99. The maximum Gasteiger partial charge on any atom is 0.272 e. The first-order chi connectivity index (χ1) is 13.9. The van der Waals surface area contributed by atoms with Gasteiger partial charge in [-0.3, -0.25) is 10.2 Å². The molecule has 0 unspecified atom stereocenters. The summed E-state index contributed by atoms with van der Waals surface area (Å²) in [4.78, 5) is 18.8. The van der Waals surface area contributed by atoms with Gasteiger partial charge in [-0.15, -0.1) is 0 Å². The Morgan fingerprint density at radius 3 is 2.48 bits per heavy atom. The number of carbonyl (C=O) groups is 1. The van der Waals surface area contributed by atoms with Crippen LogP contribution in [0.3, 0.4) is 0 Å². The third-order valence-electron chi connectivity index (χ3n) is 5.69. The fourth-order valence-corrected chi connectivity index (χ4v) is 4.21. The van der Waals surface area contributed by atoms with Gasteiger partial charge in [0.1, 0.15) is 5.82 Å². The Hall–Kier alpha value is -2.89. The number of hydrazine groups is 1. The van der Waals surface area contributed by atoms with Crippen LogP contribution in [-0.4, -0.2) is 22.5 Å². The summed E-state index contributed by atoms with van der Waals surface area (Å²) in [5.41, 5.74) is 6.13. The molecule has 0 radical (unpaired) electrons. The lowest BCUT2D eigenvalue weighted by molar-refractivity contribution is -0.106. The number of hydrogen-bond acceptors (Lipinski definition) is 4. The average Bonchev–Trinajstić information content (AvgIpc) is 3.29. The second kappa shape index (κ2) is 7.50. The molecular weight excluding hydrogens is 369 g/mol. The number of amidine groups is 1. The minimum absolute atomic E-state index is 0.0158. The number of halogens is 1. The van der Waals surface area contributed by atoms with E-state index in [0.29, 0.717) is 12.3 Å². The topological polar surface area (TPSA) is 53.9 Å². The van der Waals surface area contributed by atoms with Gasteiger partial charge in [0.25, 0.3) is 5.91 Å². The number of amides is 1. The van der Waals surface area contributed by atoms with E-state index in [-0.39, 0.29) is 5.56 Å². The Morgan fingerprint density at radius 2 is 1.86 bits per heavy atom. The highest BCUT2D eigenvalue weighted by Gasteiger charge is 2.49. The van der Waals surface area contributed by atoms with Gasteiger partial charge in [0.2, 0.25) is 5.72 Å². The third kappa shape index (κ3) is 3.59. The van der Waals surface area contributed by atoms with Crippen LogP contribution >= 0.6 is 0 Å². The standard InChI is InChI=1S/C23H26FN3O2/c1-4-17-7-8-19(20(24)14-17)22(28)25-27-21(18-12-15(2)11-16(3)13-18)26-29-23(27)9-5-6-10-23/h7-8,11-14H,4-6,9-10H2,1-3H3,(H,25,28). The van der Waals surface area contributed by atoms with Crippen molar-refractivity contribution in [1.82, 2.24) is 10.4 Å². The number of nitrogens with one attached hydrogen (secondary N) is 1. The lowest BCUT2D eigenvalue weighted by Crippen LogP contribution is -2.56. The van der Waals surface area contributed by atoms with Crippen molar-refractivity contribution in [3.63, 3.8) is 0 Å². The molecule has 1 aliphatic carbocycles. The smallest absolute Gasteiger partial charge is 0.272 e. The van der Waals surface area contributed by atoms with Crippen LogP contribution in [0.4, 0.5) is 4.39 Å². The molecule has 1 spiro atoms. The van der Waals surface area contributed by atoms with E-state index in [4.69, 9.17) is 4.84 Å². The third-order valence-corrected chi connectivity index (χ3v) is 5.69. The van der Waals surface area contributed by atoms with E-state index < -0.39 is 17.4 Å². The second-order valence-corrected chi connectivity index (χ2v) is 7.98. The van der Waals surface area contributed by atoms with Crippen LogP contribution in [0.25, 0.3) is 0 Å². The van der Waals surface area contributed by atoms with Crippen molar-refractivity contribution in [2.45, 2.75) is 58.6 Å². The summed E-state index contributed by atoms with van der Waals surface area (Å²) in [6.07, 6.45) is 4.19. The van der Waals surface area contributed by atoms with E-state index in [1.165, 1.54) is 12.1 Å². The van der Waals surface area contributed by atoms with E-state index in [0.717, 1.165) is 47.9 Å². The fourth-order valence-electron chi connectivity index (χ4n) is 4.21. The predicted octanol–water partition coefficient (Wildman–Crippen LogP) is 4.61. The maximum absolute atomic E-state index is 14.5. The van der Waals surface area contributed by atoms with Crippen molar-refractivity contribution >= 4 is 11.7 Å². The maximum atomic E-state index is 14.5. The Bertz CT molecular complexity index is 960. The van der Waals surface area contributed by atoms with Crippen LogP contribution < -0.4 is 5.43 Å². The average molecular weight is 395 g/mol. The summed E-state index contributed by atoms with van der Waals surface area (Å²) >= 11 is 0. The minimum atomic E-state index is -0.706. The molecule has 5 nitrogen and oxygen atoms in total. The van der Waals surface area contributed by atoms with Gasteiger partial charge in [-0.05, 0) is 62.9 Å². The Morgan fingerprint density at radius 1 is 1.17 bits per heavy atom. The number of rotatable bonds is 4. The highest BCUT2D eigenvalue weighted by Crippen LogP contribution is 2.40. The van der Waals surface area contributed by atoms with E-state index in [9.17, 15) is 9.18 Å². The molecule has 2 aromatic rings. The molecule has 1 N–H and O–H groups in total. The largest absolute Gasteiger partial charge is 0.363 e. The van der Waals surface area contributed by atoms with Gasteiger partial charge in [0.15, 0.2) is 5.84 Å². The fraction of sp³-hybridized carbons (Fsp3) is 0.391. The SMILES string of the molecule is CCc1ccc(C(=O)NN2C(c3cc(C)cc(C)c3)=NOC23CCCC3)c(F)c1. The molecule has 0 atom stereocenters. The molecule has 0 saturated heterocycles. The van der Waals surface area contributed by atoms with E-state index in [1.54, 1.807) is 11.1 Å². The molecule has 152 valence electrons. The molecule has 1 heterocycles. The Kier molecular flexibility index (Phi) is 5.03. The quantitative estimate of drug-likeness (QED) is 0.822. The number of aryl methyl sites for hydroxylation is 3. The number of nitrogens with zero attached hydrogens (tertiary/aromatic N) is 2. The van der Waals surface area contributed by atoms with E-state index in [1.807, 2.05) is 32.9 Å². The highest BCUT2D eigenvalue weighted by atomic mass is 19.1.